The number of hydrogen-bond acceptors (Lipinski definition) is 4. The van der Waals surface area contributed by atoms with Crippen molar-refractivity contribution in [3.8, 4) is 0 Å². The summed E-state index contributed by atoms with van der Waals surface area (Å²) < 4.78 is 4.98. The van der Waals surface area contributed by atoms with Gasteiger partial charge >= 0.3 is 6.09 Å². The Balaban J connectivity index is 1.26. The van der Waals surface area contributed by atoms with Crippen molar-refractivity contribution in [1.82, 2.24) is 4.90 Å². The van der Waals surface area contributed by atoms with Gasteiger partial charge in [0.05, 0.1) is 6.54 Å². The highest BCUT2D eigenvalue weighted by Gasteiger charge is 2.28. The first-order valence-electron chi connectivity index (χ1n) is 10.8. The van der Waals surface area contributed by atoms with Gasteiger partial charge in [-0.2, -0.15) is 0 Å². The normalized spacial score (nSPS) is 16.8. The van der Waals surface area contributed by atoms with E-state index in [1.807, 2.05) is 53.4 Å². The summed E-state index contributed by atoms with van der Waals surface area (Å²) in [5.74, 6) is -0.0240. The third kappa shape index (κ3) is 5.23. The van der Waals surface area contributed by atoms with Crippen molar-refractivity contribution in [2.45, 2.75) is 25.7 Å². The lowest BCUT2D eigenvalue weighted by Crippen LogP contribution is -2.41. The van der Waals surface area contributed by atoms with E-state index in [1.54, 1.807) is 11.0 Å². The van der Waals surface area contributed by atoms with Gasteiger partial charge < -0.3 is 15.0 Å². The van der Waals surface area contributed by atoms with E-state index in [2.05, 4.69) is 5.32 Å². The molecule has 4 rings (SSSR count). The van der Waals surface area contributed by atoms with Crippen molar-refractivity contribution in [3.05, 3.63) is 60.2 Å². The number of hydrogen-bond donors (Lipinski definition) is 1. The van der Waals surface area contributed by atoms with Gasteiger partial charge in [-0.1, -0.05) is 36.4 Å². The Labute approximate surface area is 182 Å². The quantitative estimate of drug-likeness (QED) is 0.775. The van der Waals surface area contributed by atoms with E-state index in [-0.39, 0.29) is 23.8 Å². The number of amides is 3. The molecule has 2 aromatic carbocycles. The van der Waals surface area contributed by atoms with Crippen LogP contribution >= 0.6 is 0 Å². The maximum absolute atomic E-state index is 12.7. The molecule has 0 atom stereocenters. The summed E-state index contributed by atoms with van der Waals surface area (Å²) >= 11 is 0. The van der Waals surface area contributed by atoms with Crippen LogP contribution in [-0.2, 0) is 20.7 Å². The van der Waals surface area contributed by atoms with Gasteiger partial charge in [0, 0.05) is 36.8 Å². The molecule has 1 N–H and O–H groups in total. The Kier molecular flexibility index (Phi) is 6.50. The fourth-order valence-electron chi connectivity index (χ4n) is 4.07. The predicted molar refractivity (Wildman–Crippen MR) is 118 cm³/mol. The van der Waals surface area contributed by atoms with Crippen molar-refractivity contribution in [2.75, 3.05) is 36.5 Å². The second-order valence-corrected chi connectivity index (χ2v) is 7.95. The minimum Gasteiger partial charge on any atom is -0.447 e. The van der Waals surface area contributed by atoms with Crippen molar-refractivity contribution >= 4 is 29.3 Å². The van der Waals surface area contributed by atoms with E-state index in [1.165, 1.54) is 0 Å². The molecule has 0 aromatic heterocycles. The van der Waals surface area contributed by atoms with E-state index in [4.69, 9.17) is 4.74 Å². The number of cyclic esters (lactones) is 1. The van der Waals surface area contributed by atoms with Crippen LogP contribution < -0.4 is 10.2 Å². The highest BCUT2D eigenvalue weighted by atomic mass is 16.6. The molecule has 2 saturated heterocycles. The standard InChI is InChI=1S/C24H27N3O4/c28-22(10-9-18-5-2-1-3-6-18)26-13-11-19(12-14-26)23(29)25-20-7-4-8-21(17-20)27-15-16-31-24(27)30/h1-8,17,19H,9-16H2,(H,25,29). The second kappa shape index (κ2) is 9.64. The SMILES string of the molecule is O=C(Nc1cccc(N2CCOC2=O)c1)C1CCN(C(=O)CCc2ccccc2)CC1. The Morgan fingerprint density at radius 3 is 2.48 bits per heavy atom. The van der Waals surface area contributed by atoms with Crippen molar-refractivity contribution in [1.29, 1.82) is 0 Å². The van der Waals surface area contributed by atoms with Crippen LogP contribution in [0.2, 0.25) is 0 Å². The number of carbonyl (C=O) groups is 3. The number of anilines is 2. The first-order chi connectivity index (χ1) is 15.1. The monoisotopic (exact) mass is 421 g/mol. The van der Waals surface area contributed by atoms with Crippen LogP contribution in [-0.4, -0.2) is 49.0 Å². The van der Waals surface area contributed by atoms with Crippen LogP contribution in [0.4, 0.5) is 16.2 Å². The Morgan fingerprint density at radius 2 is 1.77 bits per heavy atom. The lowest BCUT2D eigenvalue weighted by Gasteiger charge is -2.31. The number of carbonyl (C=O) groups excluding carboxylic acids is 3. The van der Waals surface area contributed by atoms with Gasteiger partial charge in [0.25, 0.3) is 0 Å². The van der Waals surface area contributed by atoms with Gasteiger partial charge in [-0.25, -0.2) is 4.79 Å². The van der Waals surface area contributed by atoms with Crippen molar-refractivity contribution in [3.63, 3.8) is 0 Å². The van der Waals surface area contributed by atoms with Gasteiger partial charge in [0.2, 0.25) is 11.8 Å². The molecule has 7 heteroatoms. The molecule has 2 fully saturated rings. The molecule has 162 valence electrons. The lowest BCUT2D eigenvalue weighted by molar-refractivity contribution is -0.134. The van der Waals surface area contributed by atoms with Crippen LogP contribution in [0, 0.1) is 5.92 Å². The second-order valence-electron chi connectivity index (χ2n) is 7.95. The van der Waals surface area contributed by atoms with E-state index >= 15 is 0 Å². The van der Waals surface area contributed by atoms with Crippen molar-refractivity contribution in [2.24, 2.45) is 5.92 Å². The zero-order valence-electron chi connectivity index (χ0n) is 17.5. The van der Waals surface area contributed by atoms with Crippen LogP contribution in [0.1, 0.15) is 24.8 Å². The van der Waals surface area contributed by atoms with Crippen LogP contribution in [0.5, 0.6) is 0 Å². The molecule has 0 radical (unpaired) electrons. The highest BCUT2D eigenvalue weighted by Crippen LogP contribution is 2.24. The molecule has 31 heavy (non-hydrogen) atoms. The first-order valence-corrected chi connectivity index (χ1v) is 10.8. The summed E-state index contributed by atoms with van der Waals surface area (Å²) in [5.41, 5.74) is 2.53. The molecular weight excluding hydrogens is 394 g/mol. The summed E-state index contributed by atoms with van der Waals surface area (Å²) in [6, 6.07) is 17.2. The van der Waals surface area contributed by atoms with Gasteiger partial charge in [0.1, 0.15) is 6.61 Å². The van der Waals surface area contributed by atoms with E-state index in [0.29, 0.717) is 56.9 Å². The first kappa shape index (κ1) is 20.9. The number of likely N-dealkylation sites (tertiary alicyclic amines) is 1. The number of rotatable bonds is 6. The minimum atomic E-state index is -0.368. The smallest absolute Gasteiger partial charge is 0.414 e. The van der Waals surface area contributed by atoms with Crippen LogP contribution in [0.15, 0.2) is 54.6 Å². The van der Waals surface area contributed by atoms with Gasteiger partial charge in [0.15, 0.2) is 0 Å². The number of benzene rings is 2. The van der Waals surface area contributed by atoms with Crippen molar-refractivity contribution < 1.29 is 19.1 Å². The van der Waals surface area contributed by atoms with Gasteiger partial charge in [-0.3, -0.25) is 14.5 Å². The molecule has 2 aliphatic heterocycles. The zero-order valence-corrected chi connectivity index (χ0v) is 17.5. The van der Waals surface area contributed by atoms with Crippen LogP contribution in [0.3, 0.4) is 0 Å². The van der Waals surface area contributed by atoms with Gasteiger partial charge in [-0.05, 0) is 43.0 Å². The molecular formula is C24H27N3O4. The van der Waals surface area contributed by atoms with Crippen LogP contribution in [0.25, 0.3) is 0 Å². The fraction of sp³-hybridized carbons (Fsp3) is 0.375. The van der Waals surface area contributed by atoms with Gasteiger partial charge in [-0.15, -0.1) is 0 Å². The summed E-state index contributed by atoms with van der Waals surface area (Å²) in [6.07, 6.45) is 2.17. The third-order valence-corrected chi connectivity index (χ3v) is 5.88. The van der Waals surface area contributed by atoms with E-state index in [0.717, 1.165) is 12.0 Å². The number of nitrogens with one attached hydrogen (secondary N) is 1. The fourth-order valence-corrected chi connectivity index (χ4v) is 4.07. The topological polar surface area (TPSA) is 79.0 Å². The average Bonchev–Trinajstić information content (AvgIpc) is 3.24. The average molecular weight is 421 g/mol. The summed E-state index contributed by atoms with van der Waals surface area (Å²) in [7, 11) is 0. The highest BCUT2D eigenvalue weighted by molar-refractivity contribution is 5.95. The molecule has 2 heterocycles. The molecule has 0 spiro atoms. The molecule has 0 unspecified atom stereocenters. The molecule has 7 nitrogen and oxygen atoms in total. The maximum Gasteiger partial charge on any atom is 0.414 e. The lowest BCUT2D eigenvalue weighted by atomic mass is 9.95. The minimum absolute atomic E-state index is 0.0440. The molecule has 3 amide bonds. The number of piperidine rings is 1. The molecule has 2 aromatic rings. The molecule has 0 saturated carbocycles. The Morgan fingerprint density at radius 1 is 1.00 bits per heavy atom. The maximum atomic E-state index is 12.7. The zero-order chi connectivity index (χ0) is 21.6. The largest absolute Gasteiger partial charge is 0.447 e. The predicted octanol–water partition coefficient (Wildman–Crippen LogP) is 3.45. The molecule has 2 aliphatic rings. The van der Waals surface area contributed by atoms with E-state index < -0.39 is 0 Å². The Hall–Kier alpha value is -3.35. The summed E-state index contributed by atoms with van der Waals surface area (Å²) in [5, 5.41) is 2.96. The third-order valence-electron chi connectivity index (χ3n) is 5.88. The number of aryl methyl sites for hydroxylation is 1. The summed E-state index contributed by atoms with van der Waals surface area (Å²) in [6.45, 7) is 2.09. The molecule has 0 bridgehead atoms. The summed E-state index contributed by atoms with van der Waals surface area (Å²) in [4.78, 5) is 40.4. The molecule has 0 aliphatic carbocycles. The van der Waals surface area contributed by atoms with E-state index in [9.17, 15) is 14.4 Å². The Bertz CT molecular complexity index is 939. The number of nitrogens with zero attached hydrogens (tertiary/aromatic N) is 2. The number of ether oxygens (including phenoxy) is 1.